The molecule has 0 radical (unpaired) electrons. The van der Waals surface area contributed by atoms with Gasteiger partial charge in [-0.3, -0.25) is 14.5 Å². The largest absolute Gasteiger partial charge is 0.489 e. The summed E-state index contributed by atoms with van der Waals surface area (Å²) >= 11 is 6.86. The van der Waals surface area contributed by atoms with Crippen LogP contribution in [-0.2, 0) is 17.9 Å². The van der Waals surface area contributed by atoms with Crippen LogP contribution in [0.4, 0.5) is 9.18 Å². The Morgan fingerprint density at radius 3 is 2.53 bits per heavy atom. The summed E-state index contributed by atoms with van der Waals surface area (Å²) in [5.41, 5.74) is 3.13. The zero-order valence-corrected chi connectivity index (χ0v) is 18.8. The van der Waals surface area contributed by atoms with E-state index < -0.39 is 17.0 Å². The average molecular weight is 468 g/mol. The van der Waals surface area contributed by atoms with E-state index in [9.17, 15) is 14.0 Å². The molecule has 1 aliphatic rings. The van der Waals surface area contributed by atoms with Gasteiger partial charge in [-0.25, -0.2) is 4.39 Å². The molecule has 0 bridgehead atoms. The SMILES string of the molecule is Cc1cccc(COc2ccc(/C=C3/SC(=O)N(Cc4c(F)cccc4Cl)C3=O)cc2)c1. The van der Waals surface area contributed by atoms with Gasteiger partial charge in [-0.05, 0) is 60.2 Å². The Hall–Kier alpha value is -3.09. The van der Waals surface area contributed by atoms with E-state index in [4.69, 9.17) is 16.3 Å². The monoisotopic (exact) mass is 467 g/mol. The molecule has 0 saturated carbocycles. The van der Waals surface area contributed by atoms with Crippen LogP contribution in [0.25, 0.3) is 6.08 Å². The maximum absolute atomic E-state index is 14.1. The Kier molecular flexibility index (Phi) is 6.63. The summed E-state index contributed by atoms with van der Waals surface area (Å²) in [6.07, 6.45) is 1.64. The van der Waals surface area contributed by atoms with Crippen LogP contribution < -0.4 is 4.74 Å². The number of ether oxygens (including phenoxy) is 1. The Balaban J connectivity index is 1.43. The molecule has 3 aromatic rings. The number of thioether (sulfide) groups is 1. The summed E-state index contributed by atoms with van der Waals surface area (Å²) in [6.45, 7) is 2.28. The first-order valence-electron chi connectivity index (χ1n) is 9.87. The van der Waals surface area contributed by atoms with Crippen molar-refractivity contribution in [3.63, 3.8) is 0 Å². The lowest BCUT2D eigenvalue weighted by atomic mass is 10.1. The second kappa shape index (κ2) is 9.59. The number of hydrogen-bond donors (Lipinski definition) is 0. The number of hydrogen-bond acceptors (Lipinski definition) is 4. The van der Waals surface area contributed by atoms with Gasteiger partial charge in [0.05, 0.1) is 11.4 Å². The fourth-order valence-electron chi connectivity index (χ4n) is 3.26. The van der Waals surface area contributed by atoms with Crippen molar-refractivity contribution in [1.29, 1.82) is 0 Å². The van der Waals surface area contributed by atoms with Gasteiger partial charge in [0.15, 0.2) is 0 Å². The van der Waals surface area contributed by atoms with E-state index in [1.54, 1.807) is 6.08 Å². The molecular formula is C25H19ClFNO3S. The first-order chi connectivity index (χ1) is 15.4. The van der Waals surface area contributed by atoms with Crippen molar-refractivity contribution >= 4 is 40.6 Å². The van der Waals surface area contributed by atoms with Crippen LogP contribution in [-0.4, -0.2) is 16.0 Å². The van der Waals surface area contributed by atoms with Crippen LogP contribution in [0.5, 0.6) is 5.75 Å². The summed E-state index contributed by atoms with van der Waals surface area (Å²) in [7, 11) is 0. The summed E-state index contributed by atoms with van der Waals surface area (Å²) in [5.74, 6) is -0.327. The number of halogens is 2. The summed E-state index contributed by atoms with van der Waals surface area (Å²) in [6, 6.07) is 19.6. The van der Waals surface area contributed by atoms with E-state index >= 15 is 0 Å². The van der Waals surface area contributed by atoms with Crippen molar-refractivity contribution < 1.29 is 18.7 Å². The third kappa shape index (κ3) is 5.03. The summed E-state index contributed by atoms with van der Waals surface area (Å²) in [4.78, 5) is 26.4. The van der Waals surface area contributed by atoms with Gasteiger partial charge in [-0.1, -0.05) is 59.6 Å². The lowest BCUT2D eigenvalue weighted by molar-refractivity contribution is -0.123. The van der Waals surface area contributed by atoms with Gasteiger partial charge in [0.2, 0.25) is 0 Å². The number of amides is 2. The van der Waals surface area contributed by atoms with E-state index in [1.165, 1.54) is 23.8 Å². The van der Waals surface area contributed by atoms with Gasteiger partial charge in [0.25, 0.3) is 11.1 Å². The Morgan fingerprint density at radius 2 is 1.81 bits per heavy atom. The predicted octanol–water partition coefficient (Wildman–Crippen LogP) is 6.60. The maximum Gasteiger partial charge on any atom is 0.293 e. The first-order valence-corrected chi connectivity index (χ1v) is 11.1. The maximum atomic E-state index is 14.1. The Labute approximate surface area is 194 Å². The Morgan fingerprint density at radius 1 is 1.06 bits per heavy atom. The first kappa shape index (κ1) is 22.1. The highest BCUT2D eigenvalue weighted by atomic mass is 35.5. The standard InChI is InChI=1S/C25H19ClFNO3S/c1-16-4-2-5-18(12-16)15-31-19-10-8-17(9-11-19)13-23-24(29)28(25(30)32-23)14-20-21(26)6-3-7-22(20)27/h2-13H,14-15H2,1H3/b23-13+. The number of rotatable bonds is 6. The van der Waals surface area contributed by atoms with Crippen LogP contribution in [0, 0.1) is 12.7 Å². The lowest BCUT2D eigenvalue weighted by Gasteiger charge is -2.14. The molecule has 0 aromatic heterocycles. The van der Waals surface area contributed by atoms with Gasteiger partial charge >= 0.3 is 0 Å². The van der Waals surface area contributed by atoms with Gasteiger partial charge in [-0.15, -0.1) is 0 Å². The second-order valence-electron chi connectivity index (χ2n) is 7.31. The predicted molar refractivity (Wildman–Crippen MR) is 125 cm³/mol. The van der Waals surface area contributed by atoms with Crippen LogP contribution in [0.3, 0.4) is 0 Å². The van der Waals surface area contributed by atoms with E-state index in [2.05, 4.69) is 6.07 Å². The van der Waals surface area contributed by atoms with Crippen LogP contribution >= 0.6 is 23.4 Å². The van der Waals surface area contributed by atoms with Crippen LogP contribution in [0.2, 0.25) is 5.02 Å². The normalized spacial score (nSPS) is 15.0. The molecular weight excluding hydrogens is 449 g/mol. The molecule has 0 aliphatic carbocycles. The van der Waals surface area contributed by atoms with Crippen LogP contribution in [0.15, 0.2) is 71.6 Å². The van der Waals surface area contributed by atoms with Gasteiger partial charge in [0.1, 0.15) is 18.2 Å². The molecule has 1 saturated heterocycles. The fourth-order valence-corrected chi connectivity index (χ4v) is 4.32. The van der Waals surface area contributed by atoms with Crippen molar-refractivity contribution in [2.24, 2.45) is 0 Å². The molecule has 162 valence electrons. The van der Waals surface area contributed by atoms with Gasteiger partial charge in [0, 0.05) is 10.6 Å². The molecule has 4 rings (SSSR count). The smallest absolute Gasteiger partial charge is 0.293 e. The highest BCUT2D eigenvalue weighted by Gasteiger charge is 2.35. The number of carbonyl (C=O) groups excluding carboxylic acids is 2. The summed E-state index contributed by atoms with van der Waals surface area (Å²) < 4.78 is 19.9. The number of carbonyl (C=O) groups is 2. The third-order valence-electron chi connectivity index (χ3n) is 4.92. The molecule has 3 aromatic carbocycles. The van der Waals surface area contributed by atoms with Crippen molar-refractivity contribution in [2.75, 3.05) is 0 Å². The highest BCUT2D eigenvalue weighted by molar-refractivity contribution is 8.18. The molecule has 0 spiro atoms. The molecule has 1 fully saturated rings. The molecule has 1 aliphatic heterocycles. The highest BCUT2D eigenvalue weighted by Crippen LogP contribution is 2.34. The quantitative estimate of drug-likeness (QED) is 0.383. The average Bonchev–Trinajstić information content (AvgIpc) is 3.03. The molecule has 7 heteroatoms. The fraction of sp³-hybridized carbons (Fsp3) is 0.120. The van der Waals surface area contributed by atoms with E-state index in [0.29, 0.717) is 12.4 Å². The Bertz CT molecular complexity index is 1190. The molecule has 2 amide bonds. The minimum absolute atomic E-state index is 0.118. The number of benzene rings is 3. The van der Waals surface area contributed by atoms with Gasteiger partial charge < -0.3 is 4.74 Å². The zero-order valence-electron chi connectivity index (χ0n) is 17.2. The molecule has 32 heavy (non-hydrogen) atoms. The van der Waals surface area contributed by atoms with E-state index in [1.807, 2.05) is 49.4 Å². The molecule has 0 atom stereocenters. The van der Waals surface area contributed by atoms with Crippen molar-refractivity contribution in [3.8, 4) is 5.75 Å². The van der Waals surface area contributed by atoms with E-state index in [0.717, 1.165) is 27.8 Å². The number of nitrogens with zero attached hydrogens (tertiary/aromatic N) is 1. The lowest BCUT2D eigenvalue weighted by Crippen LogP contribution is -2.28. The van der Waals surface area contributed by atoms with Crippen molar-refractivity contribution in [3.05, 3.63) is 105 Å². The topological polar surface area (TPSA) is 46.6 Å². The van der Waals surface area contributed by atoms with Crippen molar-refractivity contribution in [2.45, 2.75) is 20.1 Å². The zero-order chi connectivity index (χ0) is 22.7. The minimum Gasteiger partial charge on any atom is -0.489 e. The van der Waals surface area contributed by atoms with Crippen LogP contribution in [0.1, 0.15) is 22.3 Å². The second-order valence-corrected chi connectivity index (χ2v) is 8.72. The van der Waals surface area contributed by atoms with Gasteiger partial charge in [-0.2, -0.15) is 0 Å². The summed E-state index contributed by atoms with van der Waals surface area (Å²) in [5, 5.41) is -0.284. The molecule has 1 heterocycles. The third-order valence-corrected chi connectivity index (χ3v) is 6.18. The minimum atomic E-state index is -0.554. The molecule has 4 nitrogen and oxygen atoms in total. The number of imide groups is 1. The number of aryl methyl sites for hydroxylation is 1. The van der Waals surface area contributed by atoms with Crippen molar-refractivity contribution in [1.82, 2.24) is 4.90 Å². The van der Waals surface area contributed by atoms with E-state index in [-0.39, 0.29) is 22.0 Å². The molecule has 0 unspecified atom stereocenters. The molecule has 0 N–H and O–H groups in total.